The van der Waals surface area contributed by atoms with Crippen LogP contribution in [0.25, 0.3) is 0 Å². The first kappa shape index (κ1) is 10.7. The number of hydrogen-bond acceptors (Lipinski definition) is 3. The lowest BCUT2D eigenvalue weighted by molar-refractivity contribution is -0.128. The second kappa shape index (κ2) is 4.76. The van der Waals surface area contributed by atoms with Crippen molar-refractivity contribution in [3.8, 4) is 0 Å². The van der Waals surface area contributed by atoms with Crippen LogP contribution in [0.1, 0.15) is 0 Å². The summed E-state index contributed by atoms with van der Waals surface area (Å²) in [5.74, 6) is -0.254. The Morgan fingerprint density at radius 1 is 1.71 bits per heavy atom. The Morgan fingerprint density at radius 3 is 3.00 bits per heavy atom. The number of methoxy groups -OCH3 is 1. The first-order valence-corrected chi connectivity index (χ1v) is 4.37. The van der Waals surface area contributed by atoms with Gasteiger partial charge in [-0.15, -0.1) is 0 Å². The molecule has 0 saturated carbocycles. The maximum atomic E-state index is 11.4. The smallest absolute Gasteiger partial charge is 0.247 e. The average Bonchev–Trinajstić information content (AvgIpc) is 2.56. The van der Waals surface area contributed by atoms with Gasteiger partial charge in [-0.1, -0.05) is 6.58 Å². The van der Waals surface area contributed by atoms with Crippen molar-refractivity contribution < 1.29 is 14.3 Å². The lowest BCUT2D eigenvalue weighted by Crippen LogP contribution is -2.32. The highest BCUT2D eigenvalue weighted by Gasteiger charge is 2.28. The van der Waals surface area contributed by atoms with E-state index in [0.29, 0.717) is 19.8 Å². The third kappa shape index (κ3) is 2.32. The van der Waals surface area contributed by atoms with Gasteiger partial charge in [0.25, 0.3) is 0 Å². The van der Waals surface area contributed by atoms with Gasteiger partial charge in [0.1, 0.15) is 6.54 Å². The van der Waals surface area contributed by atoms with Gasteiger partial charge in [0, 0.05) is 13.7 Å². The molecule has 0 radical (unpaired) electrons. The third-order valence-electron chi connectivity index (χ3n) is 2.07. The molecule has 1 saturated heterocycles. The van der Waals surface area contributed by atoms with E-state index in [1.807, 2.05) is 0 Å². The summed E-state index contributed by atoms with van der Waals surface area (Å²) in [7, 11) is 1.58. The van der Waals surface area contributed by atoms with Crippen molar-refractivity contribution in [2.75, 3.05) is 33.5 Å². The summed E-state index contributed by atoms with van der Waals surface area (Å²) in [6.45, 7) is 4.87. The molecule has 0 spiro atoms. The predicted molar refractivity (Wildman–Crippen MR) is 50.4 cm³/mol. The molecular weight excluding hydrogens is 184 g/mol. The van der Waals surface area contributed by atoms with Gasteiger partial charge < -0.3 is 14.5 Å². The maximum absolute atomic E-state index is 11.4. The monoisotopic (exact) mass is 198 g/mol. The summed E-state index contributed by atoms with van der Waals surface area (Å²) < 4.78 is 4.86. The van der Waals surface area contributed by atoms with E-state index in [-0.39, 0.29) is 18.4 Å². The molecule has 1 aliphatic heterocycles. The van der Waals surface area contributed by atoms with Gasteiger partial charge in [0.2, 0.25) is 11.8 Å². The molecule has 78 valence electrons. The van der Waals surface area contributed by atoms with Crippen LogP contribution in [-0.4, -0.2) is 55.1 Å². The number of hydrogen-bond donors (Lipinski definition) is 0. The molecule has 1 fully saturated rings. The number of nitrogens with zero attached hydrogens (tertiary/aromatic N) is 2. The molecule has 0 unspecified atom stereocenters. The minimum Gasteiger partial charge on any atom is -0.383 e. The van der Waals surface area contributed by atoms with Gasteiger partial charge in [-0.2, -0.15) is 0 Å². The normalized spacial score (nSPS) is 16.2. The van der Waals surface area contributed by atoms with E-state index in [9.17, 15) is 9.59 Å². The molecular formula is C9H14N2O3. The van der Waals surface area contributed by atoms with Gasteiger partial charge in [0.15, 0.2) is 0 Å². The van der Waals surface area contributed by atoms with Crippen molar-refractivity contribution in [3.63, 3.8) is 0 Å². The first-order chi connectivity index (χ1) is 6.69. The maximum Gasteiger partial charge on any atom is 0.247 e. The molecule has 14 heavy (non-hydrogen) atoms. The van der Waals surface area contributed by atoms with Crippen molar-refractivity contribution in [1.82, 2.24) is 9.80 Å². The fourth-order valence-corrected chi connectivity index (χ4v) is 1.27. The zero-order valence-electron chi connectivity index (χ0n) is 8.23. The topological polar surface area (TPSA) is 49.9 Å². The zero-order valence-corrected chi connectivity index (χ0v) is 8.23. The summed E-state index contributed by atoms with van der Waals surface area (Å²) in [5.41, 5.74) is 0. The quantitative estimate of drug-likeness (QED) is 0.569. The molecule has 5 nitrogen and oxygen atoms in total. The standard InChI is InChI=1S/C9H14N2O3/c1-3-8(12)11-6-9(13)10(7-11)4-5-14-2/h3H,1,4-7H2,2H3. The zero-order chi connectivity index (χ0) is 10.6. The van der Waals surface area contributed by atoms with Crippen LogP contribution in [0.15, 0.2) is 12.7 Å². The number of rotatable bonds is 4. The summed E-state index contributed by atoms with van der Waals surface area (Å²) >= 11 is 0. The molecule has 0 aromatic rings. The fraction of sp³-hybridized carbons (Fsp3) is 0.556. The Morgan fingerprint density at radius 2 is 2.43 bits per heavy atom. The lowest BCUT2D eigenvalue weighted by atomic mass is 10.5. The summed E-state index contributed by atoms with van der Waals surface area (Å²) in [4.78, 5) is 25.6. The van der Waals surface area contributed by atoms with Crippen LogP contribution in [0.5, 0.6) is 0 Å². The van der Waals surface area contributed by atoms with Gasteiger partial charge >= 0.3 is 0 Å². The number of carbonyl (C=O) groups excluding carboxylic acids is 2. The summed E-state index contributed by atoms with van der Waals surface area (Å²) in [6.07, 6.45) is 1.22. The van der Waals surface area contributed by atoms with Crippen molar-refractivity contribution >= 4 is 11.8 Å². The highest BCUT2D eigenvalue weighted by Crippen LogP contribution is 2.06. The van der Waals surface area contributed by atoms with Gasteiger partial charge in [-0.25, -0.2) is 0 Å². The highest BCUT2D eigenvalue weighted by molar-refractivity contribution is 5.93. The second-order valence-electron chi connectivity index (χ2n) is 3.03. The molecule has 1 aliphatic rings. The highest BCUT2D eigenvalue weighted by atomic mass is 16.5. The summed E-state index contributed by atoms with van der Waals surface area (Å²) in [5, 5.41) is 0. The average molecular weight is 198 g/mol. The minimum atomic E-state index is -0.210. The Bertz CT molecular complexity index is 252. The first-order valence-electron chi connectivity index (χ1n) is 4.37. The fourth-order valence-electron chi connectivity index (χ4n) is 1.27. The largest absolute Gasteiger partial charge is 0.383 e. The Balaban J connectivity index is 2.47. The van der Waals surface area contributed by atoms with Crippen molar-refractivity contribution in [3.05, 3.63) is 12.7 Å². The molecule has 0 aromatic carbocycles. The Kier molecular flexibility index (Phi) is 3.64. The van der Waals surface area contributed by atoms with E-state index in [1.165, 1.54) is 11.0 Å². The second-order valence-corrected chi connectivity index (χ2v) is 3.03. The molecule has 0 N–H and O–H groups in total. The van der Waals surface area contributed by atoms with Gasteiger partial charge in [0.05, 0.1) is 13.3 Å². The van der Waals surface area contributed by atoms with E-state index in [1.54, 1.807) is 12.0 Å². The number of carbonyl (C=O) groups is 2. The van der Waals surface area contributed by atoms with E-state index < -0.39 is 0 Å². The molecule has 0 aromatic heterocycles. The van der Waals surface area contributed by atoms with Crippen LogP contribution in [0.4, 0.5) is 0 Å². The Hall–Kier alpha value is -1.36. The van der Waals surface area contributed by atoms with E-state index in [4.69, 9.17) is 4.74 Å². The van der Waals surface area contributed by atoms with Crippen molar-refractivity contribution in [2.45, 2.75) is 0 Å². The predicted octanol–water partition coefficient (Wildman–Crippen LogP) is -0.553. The van der Waals surface area contributed by atoms with E-state index >= 15 is 0 Å². The van der Waals surface area contributed by atoms with E-state index in [2.05, 4.69) is 6.58 Å². The van der Waals surface area contributed by atoms with Crippen LogP contribution >= 0.6 is 0 Å². The van der Waals surface area contributed by atoms with E-state index in [0.717, 1.165) is 0 Å². The van der Waals surface area contributed by atoms with Crippen LogP contribution in [0, 0.1) is 0 Å². The molecule has 0 bridgehead atoms. The van der Waals surface area contributed by atoms with Crippen LogP contribution in [-0.2, 0) is 14.3 Å². The van der Waals surface area contributed by atoms with Crippen LogP contribution < -0.4 is 0 Å². The molecule has 1 rings (SSSR count). The molecule has 0 aliphatic carbocycles. The molecule has 5 heteroatoms. The SMILES string of the molecule is C=CC(=O)N1CC(=O)N(CCOC)C1. The van der Waals surface area contributed by atoms with Crippen LogP contribution in [0.3, 0.4) is 0 Å². The minimum absolute atomic E-state index is 0.0442. The molecule has 0 atom stereocenters. The molecule has 1 heterocycles. The van der Waals surface area contributed by atoms with Crippen LogP contribution in [0.2, 0.25) is 0 Å². The third-order valence-corrected chi connectivity index (χ3v) is 2.07. The van der Waals surface area contributed by atoms with Crippen molar-refractivity contribution in [1.29, 1.82) is 0 Å². The number of amides is 2. The Labute approximate surface area is 82.9 Å². The van der Waals surface area contributed by atoms with Gasteiger partial charge in [-0.05, 0) is 6.08 Å². The van der Waals surface area contributed by atoms with Crippen molar-refractivity contribution in [2.24, 2.45) is 0 Å². The van der Waals surface area contributed by atoms with Gasteiger partial charge in [-0.3, -0.25) is 9.59 Å². The lowest BCUT2D eigenvalue weighted by Gasteiger charge is -2.16. The summed E-state index contributed by atoms with van der Waals surface area (Å²) in [6, 6.07) is 0. The molecule has 2 amide bonds. The number of ether oxygens (including phenoxy) is 1.